The molecule has 0 fully saturated rings. The van der Waals surface area contributed by atoms with Crippen molar-refractivity contribution in [2.24, 2.45) is 0 Å². The normalized spacial score (nSPS) is 11.0. The number of Topliss-reactive ketones (excluding diaryl/α,β-unsaturated/α-hetero) is 1. The minimum Gasteiger partial charge on any atom is -0.466 e. The van der Waals surface area contributed by atoms with E-state index in [2.05, 4.69) is 17.0 Å². The smallest absolute Gasteiger partial charge is 0.305 e. The summed E-state index contributed by atoms with van der Waals surface area (Å²) in [5.74, 6) is -0.338. The van der Waals surface area contributed by atoms with Crippen molar-refractivity contribution < 1.29 is 14.3 Å². The molecule has 29 heavy (non-hydrogen) atoms. The molecule has 3 aromatic heterocycles. The monoisotopic (exact) mass is 413 g/mol. The fourth-order valence-corrected chi connectivity index (χ4v) is 3.67. The summed E-state index contributed by atoms with van der Waals surface area (Å²) >= 11 is 6.13. The second kappa shape index (κ2) is 9.18. The van der Waals surface area contributed by atoms with E-state index in [0.29, 0.717) is 29.4 Å². The summed E-state index contributed by atoms with van der Waals surface area (Å²) in [6.45, 7) is 6.01. The van der Waals surface area contributed by atoms with Gasteiger partial charge in [-0.2, -0.15) is 5.10 Å². The number of aromatic nitrogens is 3. The lowest BCUT2D eigenvalue weighted by Gasteiger charge is -2.15. The summed E-state index contributed by atoms with van der Waals surface area (Å²) in [6.07, 6.45) is 3.34. The highest BCUT2D eigenvalue weighted by Gasteiger charge is 2.22. The van der Waals surface area contributed by atoms with Gasteiger partial charge in [-0.15, -0.1) is 0 Å². The van der Waals surface area contributed by atoms with E-state index in [4.69, 9.17) is 16.3 Å². The summed E-state index contributed by atoms with van der Waals surface area (Å²) < 4.78 is 6.83. The molecule has 0 spiro atoms. The molecule has 0 aliphatic carbocycles. The average Bonchev–Trinajstić information content (AvgIpc) is 3.09. The number of esters is 1. The van der Waals surface area contributed by atoms with E-state index in [1.165, 1.54) is 0 Å². The number of carbonyl (C=O) groups excluding carboxylic acids is 2. The highest BCUT2D eigenvalue weighted by atomic mass is 35.5. The van der Waals surface area contributed by atoms with Crippen molar-refractivity contribution in [1.82, 2.24) is 14.6 Å². The molecular formula is C22H24ClN3O3. The number of rotatable bonds is 8. The molecule has 0 unspecified atom stereocenters. The zero-order valence-corrected chi connectivity index (χ0v) is 17.6. The molecule has 7 heteroatoms. The molecule has 0 bridgehead atoms. The maximum Gasteiger partial charge on any atom is 0.305 e. The highest BCUT2D eigenvalue weighted by molar-refractivity contribution is 6.29. The molecule has 3 heterocycles. The summed E-state index contributed by atoms with van der Waals surface area (Å²) in [5.41, 5.74) is 4.73. The van der Waals surface area contributed by atoms with Gasteiger partial charge in [0.25, 0.3) is 0 Å². The second-order valence-electron chi connectivity index (χ2n) is 6.76. The van der Waals surface area contributed by atoms with Crippen molar-refractivity contribution >= 4 is 28.9 Å². The van der Waals surface area contributed by atoms with Gasteiger partial charge < -0.3 is 4.74 Å². The first-order valence-corrected chi connectivity index (χ1v) is 10.2. The minimum atomic E-state index is -0.286. The van der Waals surface area contributed by atoms with Crippen LogP contribution in [0.1, 0.15) is 54.9 Å². The maximum atomic E-state index is 13.2. The standard InChI is InChI=1S/C22H24ClN3O3/c1-4-16-9-10-17-22(15-11-12-24-19(23)13-15)21(14(3)25-26(16)17)18(27)7-6-8-20(28)29-5-2/h9-13H,4-8H2,1-3H3. The van der Waals surface area contributed by atoms with Crippen LogP contribution < -0.4 is 0 Å². The minimum absolute atomic E-state index is 0.0519. The molecule has 6 nitrogen and oxygen atoms in total. The average molecular weight is 414 g/mol. The number of nitrogens with zero attached hydrogens (tertiary/aromatic N) is 3. The molecule has 0 saturated carbocycles. The van der Waals surface area contributed by atoms with Crippen LogP contribution >= 0.6 is 11.6 Å². The van der Waals surface area contributed by atoms with E-state index in [1.54, 1.807) is 19.2 Å². The maximum absolute atomic E-state index is 13.2. The number of halogens is 1. The van der Waals surface area contributed by atoms with E-state index in [-0.39, 0.29) is 24.6 Å². The number of aryl methyl sites for hydroxylation is 2. The number of ketones is 1. The van der Waals surface area contributed by atoms with E-state index >= 15 is 0 Å². The van der Waals surface area contributed by atoms with Gasteiger partial charge >= 0.3 is 5.97 Å². The van der Waals surface area contributed by atoms with Crippen molar-refractivity contribution in [3.05, 3.63) is 52.6 Å². The number of ether oxygens (including phenoxy) is 1. The van der Waals surface area contributed by atoms with Gasteiger partial charge in [-0.1, -0.05) is 18.5 Å². The zero-order chi connectivity index (χ0) is 21.0. The highest BCUT2D eigenvalue weighted by Crippen LogP contribution is 2.33. The molecule has 0 radical (unpaired) electrons. The molecule has 0 aliphatic rings. The summed E-state index contributed by atoms with van der Waals surface area (Å²) in [5, 5.41) is 5.02. The number of fused-ring (bicyclic) bond motifs is 1. The van der Waals surface area contributed by atoms with Gasteiger partial charge in [-0.25, -0.2) is 9.50 Å². The first kappa shape index (κ1) is 21.0. The Kier molecular flexibility index (Phi) is 6.64. The largest absolute Gasteiger partial charge is 0.466 e. The van der Waals surface area contributed by atoms with Crippen molar-refractivity contribution in [3.63, 3.8) is 0 Å². The summed E-state index contributed by atoms with van der Waals surface area (Å²) in [6, 6.07) is 7.59. The predicted molar refractivity (Wildman–Crippen MR) is 112 cm³/mol. The van der Waals surface area contributed by atoms with Crippen LogP contribution in [0.5, 0.6) is 0 Å². The van der Waals surface area contributed by atoms with Gasteiger partial charge in [0, 0.05) is 30.3 Å². The molecule has 0 aliphatic heterocycles. The Bertz CT molecular complexity index is 1060. The van der Waals surface area contributed by atoms with Crippen LogP contribution in [0.25, 0.3) is 16.6 Å². The molecule has 0 N–H and O–H groups in total. The number of pyridine rings is 1. The molecule has 0 aromatic carbocycles. The van der Waals surface area contributed by atoms with Gasteiger partial charge in [-0.3, -0.25) is 9.59 Å². The topological polar surface area (TPSA) is 73.6 Å². The van der Waals surface area contributed by atoms with Crippen molar-refractivity contribution in [2.75, 3.05) is 6.61 Å². The Hall–Kier alpha value is -2.73. The van der Waals surface area contributed by atoms with Crippen LogP contribution in [0.15, 0.2) is 30.5 Å². The first-order valence-electron chi connectivity index (χ1n) is 9.78. The van der Waals surface area contributed by atoms with Crippen LogP contribution in [-0.2, 0) is 16.0 Å². The first-order chi connectivity index (χ1) is 14.0. The third kappa shape index (κ3) is 4.48. The van der Waals surface area contributed by atoms with Crippen molar-refractivity contribution in [1.29, 1.82) is 0 Å². The van der Waals surface area contributed by atoms with E-state index in [0.717, 1.165) is 28.8 Å². The fraction of sp³-hybridized carbons (Fsp3) is 0.364. The predicted octanol–water partition coefficient (Wildman–Crippen LogP) is 4.84. The molecule has 0 amide bonds. The Morgan fingerprint density at radius 1 is 1.17 bits per heavy atom. The molecule has 3 aromatic rings. The Balaban J connectivity index is 2.06. The molecule has 0 saturated heterocycles. The third-order valence-corrected chi connectivity index (χ3v) is 5.00. The van der Waals surface area contributed by atoms with Gasteiger partial charge in [-0.05, 0) is 56.5 Å². The van der Waals surface area contributed by atoms with Crippen LogP contribution in [0, 0.1) is 6.92 Å². The third-order valence-electron chi connectivity index (χ3n) is 4.80. The van der Waals surface area contributed by atoms with E-state index in [9.17, 15) is 9.59 Å². The van der Waals surface area contributed by atoms with Crippen molar-refractivity contribution in [3.8, 4) is 11.1 Å². The molecule has 3 rings (SSSR count). The van der Waals surface area contributed by atoms with Crippen LogP contribution in [0.2, 0.25) is 5.15 Å². The molecule has 152 valence electrons. The lowest BCUT2D eigenvalue weighted by molar-refractivity contribution is -0.143. The fourth-order valence-electron chi connectivity index (χ4n) is 3.50. The Labute approximate surface area is 174 Å². The van der Waals surface area contributed by atoms with Crippen LogP contribution in [-0.4, -0.2) is 33.0 Å². The quantitative estimate of drug-likeness (QED) is 0.300. The summed E-state index contributed by atoms with van der Waals surface area (Å²) in [4.78, 5) is 28.8. The lowest BCUT2D eigenvalue weighted by Crippen LogP contribution is -2.12. The SMILES string of the molecule is CCOC(=O)CCCC(=O)c1c(C)nn2c(CC)ccc2c1-c1ccnc(Cl)c1. The van der Waals surface area contributed by atoms with E-state index < -0.39 is 0 Å². The zero-order valence-electron chi connectivity index (χ0n) is 16.9. The second-order valence-corrected chi connectivity index (χ2v) is 7.15. The van der Waals surface area contributed by atoms with Crippen LogP contribution in [0.4, 0.5) is 0 Å². The molecular weight excluding hydrogens is 390 g/mol. The van der Waals surface area contributed by atoms with Gasteiger partial charge in [0.15, 0.2) is 5.78 Å². The number of hydrogen-bond acceptors (Lipinski definition) is 5. The van der Waals surface area contributed by atoms with E-state index in [1.807, 2.05) is 29.6 Å². The van der Waals surface area contributed by atoms with Gasteiger partial charge in [0.2, 0.25) is 0 Å². The Morgan fingerprint density at radius 2 is 1.97 bits per heavy atom. The lowest BCUT2D eigenvalue weighted by atomic mass is 9.94. The van der Waals surface area contributed by atoms with Gasteiger partial charge in [0.05, 0.1) is 23.4 Å². The number of carbonyl (C=O) groups is 2. The Morgan fingerprint density at radius 3 is 2.66 bits per heavy atom. The van der Waals surface area contributed by atoms with Crippen molar-refractivity contribution in [2.45, 2.75) is 46.5 Å². The summed E-state index contributed by atoms with van der Waals surface area (Å²) in [7, 11) is 0. The van der Waals surface area contributed by atoms with Crippen LogP contribution in [0.3, 0.4) is 0 Å². The van der Waals surface area contributed by atoms with Gasteiger partial charge in [0.1, 0.15) is 5.15 Å². The number of hydrogen-bond donors (Lipinski definition) is 0. The molecule has 0 atom stereocenters.